The monoisotopic (exact) mass is 356 g/mol. The molecule has 2 aromatic heterocycles. The zero-order valence-corrected chi connectivity index (χ0v) is 15.1. The Morgan fingerprint density at radius 3 is 3.12 bits per heavy atom. The number of nitrogens with zero attached hydrogens (tertiary/aromatic N) is 3. The summed E-state index contributed by atoms with van der Waals surface area (Å²) < 4.78 is 18.8. The lowest BCUT2D eigenvalue weighted by atomic mass is 10.0. The molecule has 0 bridgehead atoms. The maximum atomic E-state index is 5.93. The Balaban J connectivity index is 1.43. The molecular weight excluding hydrogens is 332 g/mol. The van der Waals surface area contributed by atoms with Crippen molar-refractivity contribution in [3.63, 3.8) is 0 Å². The van der Waals surface area contributed by atoms with Crippen LogP contribution in [0.15, 0.2) is 35.0 Å². The number of hydrogen-bond acceptors (Lipinski definition) is 6. The van der Waals surface area contributed by atoms with Crippen LogP contribution in [0, 0.1) is 5.92 Å². The van der Waals surface area contributed by atoms with Crippen LogP contribution in [-0.4, -0.2) is 41.4 Å². The van der Waals surface area contributed by atoms with Gasteiger partial charge in [-0.05, 0) is 24.6 Å². The summed E-state index contributed by atoms with van der Waals surface area (Å²) in [5.41, 5.74) is 2.70. The zero-order valence-electron chi connectivity index (χ0n) is 15.1. The standard InChI is InChI=1S/C19H24N4O3/c1-23-8-7-20-19(23)18-13(5-10-25-18)12-21-14-3-4-16-15(11-14)22-17(26-16)6-9-24-2/h3-4,7-8,11,13,18,21H,5-6,9-10,12H2,1-2H3/t13-,18+/m0/s1. The third kappa shape index (κ3) is 3.45. The predicted octanol–water partition coefficient (Wildman–Crippen LogP) is 2.94. The van der Waals surface area contributed by atoms with E-state index in [0.717, 1.165) is 42.2 Å². The number of aromatic nitrogens is 3. The molecule has 26 heavy (non-hydrogen) atoms. The molecule has 7 nitrogen and oxygen atoms in total. The number of aryl methyl sites for hydroxylation is 1. The number of methoxy groups -OCH3 is 1. The number of benzene rings is 1. The number of imidazole rings is 1. The van der Waals surface area contributed by atoms with Gasteiger partial charge in [0.25, 0.3) is 0 Å². The highest BCUT2D eigenvalue weighted by Crippen LogP contribution is 2.33. The lowest BCUT2D eigenvalue weighted by Gasteiger charge is -2.19. The highest BCUT2D eigenvalue weighted by molar-refractivity contribution is 5.77. The molecule has 7 heteroatoms. The van der Waals surface area contributed by atoms with Crippen LogP contribution >= 0.6 is 0 Å². The lowest BCUT2D eigenvalue weighted by Crippen LogP contribution is -2.20. The molecule has 0 saturated carbocycles. The number of ether oxygens (including phenoxy) is 2. The topological polar surface area (TPSA) is 74.3 Å². The van der Waals surface area contributed by atoms with Crippen molar-refractivity contribution in [1.29, 1.82) is 0 Å². The molecule has 1 fully saturated rings. The molecule has 1 saturated heterocycles. The van der Waals surface area contributed by atoms with Crippen molar-refractivity contribution in [2.75, 3.05) is 32.2 Å². The first-order chi connectivity index (χ1) is 12.7. The summed E-state index contributed by atoms with van der Waals surface area (Å²) in [5, 5.41) is 3.52. The Labute approximate surface area is 152 Å². The summed E-state index contributed by atoms with van der Waals surface area (Å²) >= 11 is 0. The van der Waals surface area contributed by atoms with Crippen molar-refractivity contribution in [3.05, 3.63) is 42.3 Å². The van der Waals surface area contributed by atoms with E-state index in [1.807, 2.05) is 42.2 Å². The minimum Gasteiger partial charge on any atom is -0.441 e. The molecule has 4 rings (SSSR count). The Bertz CT molecular complexity index is 873. The van der Waals surface area contributed by atoms with Crippen molar-refractivity contribution in [2.45, 2.75) is 18.9 Å². The molecule has 0 amide bonds. The first kappa shape index (κ1) is 17.1. The van der Waals surface area contributed by atoms with Gasteiger partial charge in [-0.1, -0.05) is 0 Å². The largest absolute Gasteiger partial charge is 0.441 e. The van der Waals surface area contributed by atoms with Crippen LogP contribution in [-0.2, 0) is 22.9 Å². The maximum absolute atomic E-state index is 5.93. The molecule has 0 spiro atoms. The van der Waals surface area contributed by atoms with Crippen LogP contribution in [0.3, 0.4) is 0 Å². The van der Waals surface area contributed by atoms with Gasteiger partial charge < -0.3 is 23.8 Å². The van der Waals surface area contributed by atoms with E-state index < -0.39 is 0 Å². The zero-order chi connectivity index (χ0) is 17.9. The molecule has 3 heterocycles. The number of nitrogens with one attached hydrogen (secondary N) is 1. The number of hydrogen-bond donors (Lipinski definition) is 1. The lowest BCUT2D eigenvalue weighted by molar-refractivity contribution is 0.0839. The number of oxazole rings is 1. The van der Waals surface area contributed by atoms with Gasteiger partial charge in [0.15, 0.2) is 11.5 Å². The van der Waals surface area contributed by atoms with E-state index in [1.54, 1.807) is 7.11 Å². The van der Waals surface area contributed by atoms with Crippen LogP contribution in [0.25, 0.3) is 11.1 Å². The van der Waals surface area contributed by atoms with Gasteiger partial charge >= 0.3 is 0 Å². The molecule has 2 atom stereocenters. The Kier molecular flexibility index (Phi) is 4.90. The van der Waals surface area contributed by atoms with Crippen LogP contribution in [0.4, 0.5) is 5.69 Å². The van der Waals surface area contributed by atoms with Crippen molar-refractivity contribution >= 4 is 16.8 Å². The molecule has 1 aliphatic rings. The van der Waals surface area contributed by atoms with Crippen molar-refractivity contribution in [2.24, 2.45) is 13.0 Å². The summed E-state index contributed by atoms with van der Waals surface area (Å²) in [7, 11) is 3.68. The van der Waals surface area contributed by atoms with Gasteiger partial charge in [0, 0.05) is 57.7 Å². The number of anilines is 1. The van der Waals surface area contributed by atoms with Crippen LogP contribution < -0.4 is 5.32 Å². The minimum absolute atomic E-state index is 0.0407. The van der Waals surface area contributed by atoms with Crippen molar-refractivity contribution < 1.29 is 13.9 Å². The maximum Gasteiger partial charge on any atom is 0.197 e. The van der Waals surface area contributed by atoms with Gasteiger partial charge in [-0.2, -0.15) is 0 Å². The highest BCUT2D eigenvalue weighted by atomic mass is 16.5. The van der Waals surface area contributed by atoms with E-state index in [9.17, 15) is 0 Å². The second kappa shape index (κ2) is 7.47. The number of rotatable bonds is 7. The van der Waals surface area contributed by atoms with Gasteiger partial charge in [-0.25, -0.2) is 9.97 Å². The average Bonchev–Trinajstić information content (AvgIpc) is 3.36. The molecule has 0 unspecified atom stereocenters. The fourth-order valence-electron chi connectivity index (χ4n) is 3.41. The van der Waals surface area contributed by atoms with E-state index >= 15 is 0 Å². The average molecular weight is 356 g/mol. The highest BCUT2D eigenvalue weighted by Gasteiger charge is 2.32. The molecule has 1 N–H and O–H groups in total. The molecule has 0 aliphatic carbocycles. The smallest absolute Gasteiger partial charge is 0.197 e. The van der Waals surface area contributed by atoms with Gasteiger partial charge in [-0.15, -0.1) is 0 Å². The van der Waals surface area contributed by atoms with Crippen LogP contribution in [0.5, 0.6) is 0 Å². The van der Waals surface area contributed by atoms with E-state index in [4.69, 9.17) is 13.9 Å². The Morgan fingerprint density at radius 2 is 2.31 bits per heavy atom. The molecule has 0 radical (unpaired) electrons. The van der Waals surface area contributed by atoms with E-state index in [-0.39, 0.29) is 6.10 Å². The van der Waals surface area contributed by atoms with E-state index in [0.29, 0.717) is 24.8 Å². The second-order valence-electron chi connectivity index (χ2n) is 6.65. The SMILES string of the molecule is COCCc1nc2cc(NC[C@@H]3CCO[C@H]3c3nccn3C)ccc2o1. The number of fused-ring (bicyclic) bond motifs is 1. The normalized spacial score (nSPS) is 20.1. The third-order valence-electron chi connectivity index (χ3n) is 4.85. The third-order valence-corrected chi connectivity index (χ3v) is 4.85. The fraction of sp³-hybridized carbons (Fsp3) is 0.474. The molecule has 138 valence electrons. The fourth-order valence-corrected chi connectivity index (χ4v) is 3.41. The molecule has 1 aliphatic heterocycles. The summed E-state index contributed by atoms with van der Waals surface area (Å²) in [6.07, 6.45) is 5.53. The predicted molar refractivity (Wildman–Crippen MR) is 98.1 cm³/mol. The Morgan fingerprint density at radius 1 is 1.38 bits per heavy atom. The van der Waals surface area contributed by atoms with E-state index in [1.165, 1.54) is 0 Å². The van der Waals surface area contributed by atoms with E-state index in [2.05, 4.69) is 15.3 Å². The summed E-state index contributed by atoms with van der Waals surface area (Å²) in [4.78, 5) is 8.98. The van der Waals surface area contributed by atoms with Gasteiger partial charge in [-0.3, -0.25) is 0 Å². The molecule has 1 aromatic carbocycles. The van der Waals surface area contributed by atoms with Gasteiger partial charge in [0.2, 0.25) is 0 Å². The first-order valence-electron chi connectivity index (χ1n) is 8.95. The first-order valence-corrected chi connectivity index (χ1v) is 8.95. The Hall–Kier alpha value is -2.38. The summed E-state index contributed by atoms with van der Waals surface area (Å²) in [6, 6.07) is 6.02. The summed E-state index contributed by atoms with van der Waals surface area (Å²) in [5.74, 6) is 2.09. The molecule has 3 aromatic rings. The van der Waals surface area contributed by atoms with Gasteiger partial charge in [0.05, 0.1) is 6.61 Å². The van der Waals surface area contributed by atoms with Crippen molar-refractivity contribution in [3.8, 4) is 0 Å². The van der Waals surface area contributed by atoms with Crippen molar-refractivity contribution in [1.82, 2.24) is 14.5 Å². The van der Waals surface area contributed by atoms with Crippen LogP contribution in [0.1, 0.15) is 24.2 Å². The second-order valence-corrected chi connectivity index (χ2v) is 6.65. The van der Waals surface area contributed by atoms with Gasteiger partial charge in [0.1, 0.15) is 17.4 Å². The quantitative estimate of drug-likeness (QED) is 0.702. The van der Waals surface area contributed by atoms with Crippen LogP contribution in [0.2, 0.25) is 0 Å². The summed E-state index contributed by atoms with van der Waals surface area (Å²) in [6.45, 7) is 2.21. The molecular formula is C19H24N4O3. The minimum atomic E-state index is 0.0407.